The van der Waals surface area contributed by atoms with E-state index in [1.807, 2.05) is 0 Å². The Labute approximate surface area is 95.2 Å². The van der Waals surface area contributed by atoms with Gasteiger partial charge in [0.05, 0.1) is 0 Å². The third kappa shape index (κ3) is 6.16. The molecule has 0 aromatic rings. The molecule has 0 spiro atoms. The molecule has 0 heterocycles. The van der Waals surface area contributed by atoms with Gasteiger partial charge in [-0.3, -0.25) is 0 Å². The molecule has 1 saturated carbocycles. The number of hydrogen-bond acceptors (Lipinski definition) is 2. The summed E-state index contributed by atoms with van der Waals surface area (Å²) in [6.45, 7) is 4.62. The summed E-state index contributed by atoms with van der Waals surface area (Å²) in [5, 5.41) is 0. The van der Waals surface area contributed by atoms with E-state index in [0.29, 0.717) is 6.04 Å². The molecule has 1 rings (SSSR count). The summed E-state index contributed by atoms with van der Waals surface area (Å²) in [6, 6.07) is 0.369. The fraction of sp³-hybridized carbons (Fsp3) is 1.00. The van der Waals surface area contributed by atoms with Gasteiger partial charge >= 0.3 is 0 Å². The maximum atomic E-state index is 5.74. The molecule has 2 N–H and O–H groups in total. The first-order chi connectivity index (χ1) is 7.18. The average Bonchev–Trinajstić information content (AvgIpc) is 2.18. The molecular formula is C13H28N2. The lowest BCUT2D eigenvalue weighted by molar-refractivity contribution is 0.229. The Morgan fingerprint density at radius 2 is 1.93 bits per heavy atom. The maximum absolute atomic E-state index is 5.74. The summed E-state index contributed by atoms with van der Waals surface area (Å²) in [7, 11) is 2.26. The molecule has 2 heteroatoms. The first-order valence-corrected chi connectivity index (χ1v) is 6.62. The van der Waals surface area contributed by atoms with Gasteiger partial charge in [0.2, 0.25) is 0 Å². The van der Waals surface area contributed by atoms with Crippen LogP contribution < -0.4 is 5.73 Å². The Morgan fingerprint density at radius 1 is 1.27 bits per heavy atom. The van der Waals surface area contributed by atoms with Crippen LogP contribution in [-0.2, 0) is 0 Å². The van der Waals surface area contributed by atoms with Gasteiger partial charge in [0, 0.05) is 12.6 Å². The molecular weight excluding hydrogens is 184 g/mol. The molecule has 90 valence electrons. The van der Waals surface area contributed by atoms with Crippen molar-refractivity contribution in [2.24, 2.45) is 11.7 Å². The molecule has 1 aliphatic rings. The number of rotatable bonds is 6. The van der Waals surface area contributed by atoms with E-state index in [0.717, 1.165) is 12.3 Å². The molecule has 0 bridgehead atoms. The number of nitrogens with two attached hydrogens (primary N) is 1. The van der Waals surface area contributed by atoms with Gasteiger partial charge in [-0.2, -0.15) is 0 Å². The molecule has 0 amide bonds. The van der Waals surface area contributed by atoms with E-state index in [2.05, 4.69) is 18.9 Å². The monoisotopic (exact) mass is 212 g/mol. The van der Waals surface area contributed by atoms with Gasteiger partial charge in [-0.05, 0) is 52.1 Å². The Morgan fingerprint density at radius 3 is 2.53 bits per heavy atom. The van der Waals surface area contributed by atoms with Gasteiger partial charge in [-0.1, -0.05) is 19.3 Å². The van der Waals surface area contributed by atoms with Crippen LogP contribution in [0, 0.1) is 5.92 Å². The van der Waals surface area contributed by atoms with Crippen molar-refractivity contribution < 1.29 is 0 Å². The highest BCUT2D eigenvalue weighted by Crippen LogP contribution is 2.24. The molecule has 0 saturated heterocycles. The standard InChI is InChI=1S/C13H28N2/c1-12(14)7-6-10-15(2)11-13-8-4-3-5-9-13/h12-13H,3-11,14H2,1-2H3. The first kappa shape index (κ1) is 13.0. The van der Waals surface area contributed by atoms with Crippen LogP contribution in [0.1, 0.15) is 51.9 Å². The smallest absolute Gasteiger partial charge is 0.00109 e. The van der Waals surface area contributed by atoms with Crippen molar-refractivity contribution in [3.63, 3.8) is 0 Å². The van der Waals surface area contributed by atoms with E-state index >= 15 is 0 Å². The van der Waals surface area contributed by atoms with Gasteiger partial charge < -0.3 is 10.6 Å². The second kappa shape index (κ2) is 7.24. The largest absolute Gasteiger partial charge is 0.328 e. The quantitative estimate of drug-likeness (QED) is 0.733. The van der Waals surface area contributed by atoms with Gasteiger partial charge in [-0.15, -0.1) is 0 Å². The Bertz CT molecular complexity index is 151. The Kier molecular flexibility index (Phi) is 6.26. The zero-order valence-electron chi connectivity index (χ0n) is 10.5. The summed E-state index contributed by atoms with van der Waals surface area (Å²) in [6.07, 6.45) is 9.70. The third-order valence-electron chi connectivity index (χ3n) is 3.49. The van der Waals surface area contributed by atoms with Gasteiger partial charge in [0.15, 0.2) is 0 Å². The summed E-state index contributed by atoms with van der Waals surface area (Å²) in [4.78, 5) is 2.50. The van der Waals surface area contributed by atoms with Crippen molar-refractivity contribution in [3.8, 4) is 0 Å². The molecule has 2 nitrogen and oxygen atoms in total. The molecule has 0 aromatic carbocycles. The predicted octanol–water partition coefficient (Wildman–Crippen LogP) is 2.63. The summed E-state index contributed by atoms with van der Waals surface area (Å²) < 4.78 is 0. The molecule has 1 aliphatic carbocycles. The van der Waals surface area contributed by atoms with E-state index in [1.54, 1.807) is 0 Å². The normalized spacial score (nSPS) is 20.8. The van der Waals surface area contributed by atoms with Gasteiger partial charge in [0.25, 0.3) is 0 Å². The second-order valence-electron chi connectivity index (χ2n) is 5.39. The summed E-state index contributed by atoms with van der Waals surface area (Å²) in [5.41, 5.74) is 5.74. The van der Waals surface area contributed by atoms with Crippen molar-refractivity contribution in [3.05, 3.63) is 0 Å². The van der Waals surface area contributed by atoms with Crippen LogP contribution in [0.15, 0.2) is 0 Å². The van der Waals surface area contributed by atoms with Crippen LogP contribution in [-0.4, -0.2) is 31.1 Å². The van der Waals surface area contributed by atoms with E-state index in [9.17, 15) is 0 Å². The maximum Gasteiger partial charge on any atom is 0.00109 e. The van der Waals surface area contributed by atoms with Crippen LogP contribution >= 0.6 is 0 Å². The Hall–Kier alpha value is -0.0800. The van der Waals surface area contributed by atoms with Crippen molar-refractivity contribution in [1.29, 1.82) is 0 Å². The highest BCUT2D eigenvalue weighted by Gasteiger charge is 2.14. The Balaban J connectivity index is 2.03. The molecule has 15 heavy (non-hydrogen) atoms. The molecule has 1 fully saturated rings. The first-order valence-electron chi connectivity index (χ1n) is 6.62. The molecule has 1 unspecified atom stereocenters. The minimum absolute atomic E-state index is 0.369. The SMILES string of the molecule is CC(N)CCCN(C)CC1CCCCC1. The van der Waals surface area contributed by atoms with E-state index < -0.39 is 0 Å². The van der Waals surface area contributed by atoms with Gasteiger partial charge in [-0.25, -0.2) is 0 Å². The molecule has 0 aromatic heterocycles. The number of nitrogens with zero attached hydrogens (tertiary/aromatic N) is 1. The van der Waals surface area contributed by atoms with Crippen LogP contribution in [0.4, 0.5) is 0 Å². The van der Waals surface area contributed by atoms with E-state index in [-0.39, 0.29) is 0 Å². The topological polar surface area (TPSA) is 29.3 Å². The minimum Gasteiger partial charge on any atom is -0.328 e. The van der Waals surface area contributed by atoms with Gasteiger partial charge in [0.1, 0.15) is 0 Å². The lowest BCUT2D eigenvalue weighted by atomic mass is 9.89. The van der Waals surface area contributed by atoms with Crippen molar-refractivity contribution in [1.82, 2.24) is 4.90 Å². The van der Waals surface area contributed by atoms with Crippen molar-refractivity contribution in [2.45, 2.75) is 57.9 Å². The zero-order valence-corrected chi connectivity index (χ0v) is 10.5. The highest BCUT2D eigenvalue weighted by molar-refractivity contribution is 4.69. The summed E-state index contributed by atoms with van der Waals surface area (Å²) in [5.74, 6) is 0.971. The fourth-order valence-corrected chi connectivity index (χ4v) is 2.58. The lowest BCUT2D eigenvalue weighted by Gasteiger charge is -2.27. The third-order valence-corrected chi connectivity index (χ3v) is 3.49. The summed E-state index contributed by atoms with van der Waals surface area (Å²) >= 11 is 0. The zero-order chi connectivity index (χ0) is 11.1. The lowest BCUT2D eigenvalue weighted by Crippen LogP contribution is -2.28. The second-order valence-corrected chi connectivity index (χ2v) is 5.39. The average molecular weight is 212 g/mol. The molecule has 0 radical (unpaired) electrons. The van der Waals surface area contributed by atoms with E-state index in [1.165, 1.54) is 51.6 Å². The molecule has 0 aliphatic heterocycles. The number of hydrogen-bond donors (Lipinski definition) is 1. The van der Waals surface area contributed by atoms with Crippen LogP contribution in [0.2, 0.25) is 0 Å². The van der Waals surface area contributed by atoms with Crippen molar-refractivity contribution in [2.75, 3.05) is 20.1 Å². The van der Waals surface area contributed by atoms with Crippen LogP contribution in [0.3, 0.4) is 0 Å². The highest BCUT2D eigenvalue weighted by atomic mass is 15.1. The van der Waals surface area contributed by atoms with Crippen molar-refractivity contribution >= 4 is 0 Å². The molecule has 1 atom stereocenters. The minimum atomic E-state index is 0.369. The van der Waals surface area contributed by atoms with E-state index in [4.69, 9.17) is 5.73 Å². The van der Waals surface area contributed by atoms with Crippen LogP contribution in [0.25, 0.3) is 0 Å². The van der Waals surface area contributed by atoms with Crippen LogP contribution in [0.5, 0.6) is 0 Å². The predicted molar refractivity (Wildman–Crippen MR) is 67.0 cm³/mol. The fourth-order valence-electron chi connectivity index (χ4n) is 2.58.